The van der Waals surface area contributed by atoms with E-state index >= 15 is 0 Å². The summed E-state index contributed by atoms with van der Waals surface area (Å²) in [5.41, 5.74) is 0.315. The highest BCUT2D eigenvalue weighted by Gasteiger charge is 2.65. The molecule has 0 spiro atoms. The molecule has 1 aliphatic heterocycles. The van der Waals surface area contributed by atoms with Crippen molar-refractivity contribution in [3.05, 3.63) is 96.6 Å². The van der Waals surface area contributed by atoms with E-state index in [-0.39, 0.29) is 28.8 Å². The summed E-state index contributed by atoms with van der Waals surface area (Å²) in [5.74, 6) is -0.0330. The molecule has 0 amide bonds. The molecular formula is C30H35BO4Si. The van der Waals surface area contributed by atoms with Gasteiger partial charge in [-0.1, -0.05) is 112 Å². The molecule has 3 aromatic rings. The van der Waals surface area contributed by atoms with Crippen LogP contribution in [0.1, 0.15) is 32.8 Å². The van der Waals surface area contributed by atoms with Crippen molar-refractivity contribution in [1.82, 2.24) is 0 Å². The van der Waals surface area contributed by atoms with Gasteiger partial charge in [-0.15, -0.1) is 0 Å². The zero-order valence-corrected chi connectivity index (χ0v) is 22.6. The number of benzene rings is 3. The molecule has 0 aromatic heterocycles. The molecular weight excluding hydrogens is 463 g/mol. The maximum absolute atomic E-state index is 13.1. The lowest BCUT2D eigenvalue weighted by Gasteiger charge is -2.45. The first-order valence-electron chi connectivity index (χ1n) is 12.9. The maximum atomic E-state index is 13.1. The molecule has 6 heteroatoms. The third kappa shape index (κ3) is 4.30. The van der Waals surface area contributed by atoms with Crippen LogP contribution in [-0.4, -0.2) is 46.3 Å². The van der Waals surface area contributed by atoms with Gasteiger partial charge in [0.25, 0.3) is 8.32 Å². The topological polar surface area (TPSA) is 44.8 Å². The third-order valence-electron chi connectivity index (χ3n) is 7.84. The van der Waals surface area contributed by atoms with Crippen molar-refractivity contribution in [3.63, 3.8) is 0 Å². The molecule has 4 nitrogen and oxygen atoms in total. The summed E-state index contributed by atoms with van der Waals surface area (Å²) in [6, 6.07) is 31.1. The first-order valence-corrected chi connectivity index (χ1v) is 14.8. The van der Waals surface area contributed by atoms with E-state index in [4.69, 9.17) is 13.9 Å². The summed E-state index contributed by atoms with van der Waals surface area (Å²) in [6.45, 7) is 7.57. The number of Topliss-reactive ketones (excluding diaryl/α,β-unsaturated/α-hetero) is 1. The van der Waals surface area contributed by atoms with Gasteiger partial charge in [0.15, 0.2) is 0 Å². The van der Waals surface area contributed by atoms with Gasteiger partial charge in [0, 0.05) is 12.4 Å². The summed E-state index contributed by atoms with van der Waals surface area (Å²) in [4.78, 5) is 13.1. The van der Waals surface area contributed by atoms with Gasteiger partial charge in [-0.3, -0.25) is 4.79 Å². The Morgan fingerprint density at radius 3 is 1.94 bits per heavy atom. The number of ether oxygens (including phenoxy) is 2. The van der Waals surface area contributed by atoms with Crippen LogP contribution < -0.4 is 10.4 Å². The molecule has 0 N–H and O–H groups in total. The molecule has 5 rings (SSSR count). The Bertz CT molecular complexity index is 1140. The fourth-order valence-electron chi connectivity index (χ4n) is 6.24. The van der Waals surface area contributed by atoms with Crippen LogP contribution in [0.4, 0.5) is 0 Å². The summed E-state index contributed by atoms with van der Waals surface area (Å²) < 4.78 is 20.3. The van der Waals surface area contributed by atoms with Gasteiger partial charge < -0.3 is 13.9 Å². The van der Waals surface area contributed by atoms with Crippen molar-refractivity contribution >= 4 is 32.3 Å². The Kier molecular flexibility index (Phi) is 6.81. The van der Waals surface area contributed by atoms with E-state index in [0.29, 0.717) is 19.6 Å². The first kappa shape index (κ1) is 25.2. The highest BCUT2D eigenvalue weighted by atomic mass is 28.4. The van der Waals surface area contributed by atoms with Crippen LogP contribution >= 0.6 is 0 Å². The first-order chi connectivity index (χ1) is 17.3. The summed E-state index contributed by atoms with van der Waals surface area (Å²) >= 11 is 0. The Morgan fingerprint density at radius 1 is 0.917 bits per heavy atom. The summed E-state index contributed by atoms with van der Waals surface area (Å²) in [5, 5.41) is 2.28. The largest absolute Gasteiger partial charge is 0.404 e. The van der Waals surface area contributed by atoms with Crippen LogP contribution in [0.5, 0.6) is 0 Å². The summed E-state index contributed by atoms with van der Waals surface area (Å²) in [7, 11) is -0.778. The number of rotatable bonds is 8. The number of carbonyl (C=O) groups is 1. The second kappa shape index (κ2) is 9.75. The van der Waals surface area contributed by atoms with Crippen LogP contribution in [0.25, 0.3) is 0 Å². The van der Waals surface area contributed by atoms with Crippen molar-refractivity contribution in [1.29, 1.82) is 0 Å². The summed E-state index contributed by atoms with van der Waals surface area (Å²) in [6.07, 6.45) is 0.0121. The molecule has 4 atom stereocenters. The minimum absolute atomic E-state index is 0.154. The standard InChI is InChI=1S/C30H35BO4Si/c1-29(2,3)36(23-15-9-5-10-16-23,24-17-11-6-12-18-24)34-21-30-19-25(32)26(28(31)35-30)27(30)33-20-22-13-7-4-8-14-22/h4-18,26-28H,19-21,31H2,1-3H3/t26-,27+,28-,30-/m1/s1. The number of hydrogen-bond acceptors (Lipinski definition) is 4. The maximum Gasteiger partial charge on any atom is 0.261 e. The zero-order valence-electron chi connectivity index (χ0n) is 21.6. The fourth-order valence-corrected chi connectivity index (χ4v) is 10.9. The quantitative estimate of drug-likeness (QED) is 0.447. The number of fused-ring (bicyclic) bond motifs is 2. The Labute approximate surface area is 216 Å². The van der Waals surface area contributed by atoms with Crippen LogP contribution in [0.3, 0.4) is 0 Å². The highest BCUT2D eigenvalue weighted by molar-refractivity contribution is 6.99. The smallest absolute Gasteiger partial charge is 0.261 e. The molecule has 2 bridgehead atoms. The molecule has 2 fully saturated rings. The van der Waals surface area contributed by atoms with E-state index in [1.54, 1.807) is 0 Å². The van der Waals surface area contributed by atoms with Gasteiger partial charge >= 0.3 is 0 Å². The van der Waals surface area contributed by atoms with Crippen molar-refractivity contribution in [3.8, 4) is 0 Å². The van der Waals surface area contributed by atoms with Crippen LogP contribution in [-0.2, 0) is 25.3 Å². The minimum Gasteiger partial charge on any atom is -0.404 e. The average Bonchev–Trinajstić information content (AvgIpc) is 3.30. The SMILES string of the molecule is B[C@@H]1O[C@@]2(CO[Si](c3ccccc3)(c3ccccc3)C(C)(C)C)CC(=O)[C@@H]1[C@@H]2OCc1ccccc1. The van der Waals surface area contributed by atoms with E-state index in [9.17, 15) is 4.79 Å². The van der Waals surface area contributed by atoms with Crippen LogP contribution in [0.2, 0.25) is 5.04 Å². The average molecular weight is 499 g/mol. The van der Waals surface area contributed by atoms with E-state index in [1.165, 1.54) is 10.4 Å². The minimum atomic E-state index is -2.77. The molecule has 1 saturated carbocycles. The van der Waals surface area contributed by atoms with Crippen molar-refractivity contribution in [2.24, 2.45) is 5.92 Å². The lowest BCUT2D eigenvalue weighted by molar-refractivity contribution is -0.137. The van der Waals surface area contributed by atoms with Gasteiger partial charge in [-0.05, 0) is 21.0 Å². The fraction of sp³-hybridized carbons (Fsp3) is 0.367. The molecule has 3 aromatic carbocycles. The van der Waals surface area contributed by atoms with Gasteiger partial charge in [0.05, 0.1) is 19.1 Å². The molecule has 36 heavy (non-hydrogen) atoms. The molecule has 2 aliphatic rings. The van der Waals surface area contributed by atoms with Crippen molar-refractivity contribution < 1.29 is 18.7 Å². The predicted molar refractivity (Wildman–Crippen MR) is 148 cm³/mol. The van der Waals surface area contributed by atoms with E-state index < -0.39 is 13.9 Å². The van der Waals surface area contributed by atoms with E-state index in [2.05, 4.69) is 81.4 Å². The Balaban J connectivity index is 1.51. The number of carbonyl (C=O) groups excluding carboxylic acids is 1. The molecule has 1 heterocycles. The second-order valence-electron chi connectivity index (χ2n) is 11.2. The lowest BCUT2D eigenvalue weighted by Crippen LogP contribution is -2.68. The molecule has 186 valence electrons. The second-order valence-corrected chi connectivity index (χ2v) is 15.5. The predicted octanol–water partition coefficient (Wildman–Crippen LogP) is 3.47. The Hall–Kier alpha value is -2.51. The van der Waals surface area contributed by atoms with Crippen LogP contribution in [0, 0.1) is 5.92 Å². The van der Waals surface area contributed by atoms with Gasteiger partial charge in [-0.25, -0.2) is 0 Å². The normalized spacial score (nSPS) is 25.9. The molecule has 0 unspecified atom stereocenters. The van der Waals surface area contributed by atoms with Gasteiger partial charge in [0.1, 0.15) is 25.3 Å². The highest BCUT2D eigenvalue weighted by Crippen LogP contribution is 2.49. The van der Waals surface area contributed by atoms with E-state index in [1.807, 2.05) is 38.2 Å². The van der Waals surface area contributed by atoms with Gasteiger partial charge in [0.2, 0.25) is 0 Å². The Morgan fingerprint density at radius 2 is 1.44 bits per heavy atom. The van der Waals surface area contributed by atoms with Crippen molar-refractivity contribution in [2.75, 3.05) is 6.61 Å². The monoisotopic (exact) mass is 498 g/mol. The van der Waals surface area contributed by atoms with Crippen LogP contribution in [0.15, 0.2) is 91.0 Å². The number of ketones is 1. The molecule has 1 aliphatic carbocycles. The molecule has 0 radical (unpaired) electrons. The van der Waals surface area contributed by atoms with Crippen molar-refractivity contribution in [2.45, 2.75) is 56.5 Å². The van der Waals surface area contributed by atoms with Gasteiger partial charge in [-0.2, -0.15) is 0 Å². The van der Waals surface area contributed by atoms with E-state index in [0.717, 1.165) is 5.56 Å². The zero-order chi connectivity index (χ0) is 25.4. The number of hydrogen-bond donors (Lipinski definition) is 0. The third-order valence-corrected chi connectivity index (χ3v) is 12.8. The molecule has 1 saturated heterocycles. The lowest BCUT2D eigenvalue weighted by atomic mass is 9.85.